The van der Waals surface area contributed by atoms with Gasteiger partial charge in [0.1, 0.15) is 0 Å². The van der Waals surface area contributed by atoms with Crippen molar-refractivity contribution in [2.45, 2.75) is 19.4 Å². The Labute approximate surface area is 78.8 Å². The molecule has 1 atom stereocenters. The number of hydrogen-bond acceptors (Lipinski definition) is 3. The Kier molecular flexibility index (Phi) is 4.43. The highest BCUT2D eigenvalue weighted by molar-refractivity contribution is 5.11. The molecule has 0 radical (unpaired) electrons. The van der Waals surface area contributed by atoms with Crippen molar-refractivity contribution in [3.8, 4) is 0 Å². The Morgan fingerprint density at radius 1 is 1.62 bits per heavy atom. The molecular formula is C10H16N2O. The molecule has 0 aromatic carbocycles. The van der Waals surface area contributed by atoms with Gasteiger partial charge in [0.25, 0.3) is 0 Å². The summed E-state index contributed by atoms with van der Waals surface area (Å²) in [6.07, 6.45) is 4.04. The molecule has 2 N–H and O–H groups in total. The van der Waals surface area contributed by atoms with E-state index in [0.717, 1.165) is 18.5 Å². The van der Waals surface area contributed by atoms with Crippen LogP contribution in [0.4, 0.5) is 0 Å². The van der Waals surface area contributed by atoms with Crippen LogP contribution in [0.2, 0.25) is 0 Å². The molecule has 1 heterocycles. The molecule has 0 saturated heterocycles. The Hall–Kier alpha value is -0.930. The van der Waals surface area contributed by atoms with E-state index in [0.29, 0.717) is 6.54 Å². The fraction of sp³-hybridized carbons (Fsp3) is 0.500. The van der Waals surface area contributed by atoms with Gasteiger partial charge in [-0.25, -0.2) is 0 Å². The lowest BCUT2D eigenvalue weighted by molar-refractivity contribution is 0.174. The van der Waals surface area contributed by atoms with Gasteiger partial charge < -0.3 is 10.4 Å². The zero-order valence-corrected chi connectivity index (χ0v) is 7.90. The molecule has 72 valence electrons. The molecule has 0 aliphatic heterocycles. The minimum atomic E-state index is -0.444. The van der Waals surface area contributed by atoms with Crippen molar-refractivity contribution in [3.05, 3.63) is 30.1 Å². The van der Waals surface area contributed by atoms with E-state index in [1.165, 1.54) is 0 Å². The normalized spacial score (nSPS) is 12.8. The van der Waals surface area contributed by atoms with Gasteiger partial charge in [-0.15, -0.1) is 0 Å². The molecule has 0 spiro atoms. The summed E-state index contributed by atoms with van der Waals surface area (Å²) in [7, 11) is 0. The number of nitrogens with zero attached hydrogens (tertiary/aromatic N) is 1. The first-order chi connectivity index (χ1) is 6.34. The minimum Gasteiger partial charge on any atom is -0.387 e. The number of aromatic nitrogens is 1. The summed E-state index contributed by atoms with van der Waals surface area (Å²) >= 11 is 0. The number of pyridine rings is 1. The van der Waals surface area contributed by atoms with E-state index in [2.05, 4.69) is 17.2 Å². The van der Waals surface area contributed by atoms with Gasteiger partial charge in [0.15, 0.2) is 0 Å². The predicted molar refractivity (Wildman–Crippen MR) is 52.4 cm³/mol. The summed E-state index contributed by atoms with van der Waals surface area (Å²) in [5.74, 6) is 0. The van der Waals surface area contributed by atoms with Crippen molar-refractivity contribution in [2.75, 3.05) is 13.1 Å². The van der Waals surface area contributed by atoms with Crippen LogP contribution in [-0.2, 0) is 0 Å². The van der Waals surface area contributed by atoms with Crippen LogP contribution in [0.3, 0.4) is 0 Å². The van der Waals surface area contributed by atoms with Crippen molar-refractivity contribution >= 4 is 0 Å². The monoisotopic (exact) mass is 180 g/mol. The third-order valence-corrected chi connectivity index (χ3v) is 1.83. The van der Waals surface area contributed by atoms with Crippen LogP contribution in [-0.4, -0.2) is 23.2 Å². The lowest BCUT2D eigenvalue weighted by Gasteiger charge is -2.10. The number of hydrogen-bond donors (Lipinski definition) is 2. The van der Waals surface area contributed by atoms with Crippen molar-refractivity contribution < 1.29 is 5.11 Å². The zero-order chi connectivity index (χ0) is 9.52. The molecule has 1 rings (SSSR count). The molecule has 1 aromatic rings. The number of aliphatic hydroxyl groups excluding tert-OH is 1. The highest BCUT2D eigenvalue weighted by atomic mass is 16.3. The molecule has 0 aliphatic rings. The predicted octanol–water partition coefficient (Wildman–Crippen LogP) is 1.11. The maximum atomic E-state index is 9.64. The molecule has 0 unspecified atom stereocenters. The highest BCUT2D eigenvalue weighted by Gasteiger charge is 2.05. The van der Waals surface area contributed by atoms with Gasteiger partial charge in [0.05, 0.1) is 6.10 Å². The maximum Gasteiger partial charge on any atom is 0.0929 e. The number of rotatable bonds is 5. The maximum absolute atomic E-state index is 9.64. The van der Waals surface area contributed by atoms with Gasteiger partial charge in [-0.1, -0.05) is 13.0 Å². The van der Waals surface area contributed by atoms with E-state index < -0.39 is 6.10 Å². The number of nitrogens with one attached hydrogen (secondary N) is 1. The second-order valence-electron chi connectivity index (χ2n) is 3.01. The van der Waals surface area contributed by atoms with E-state index in [9.17, 15) is 5.11 Å². The summed E-state index contributed by atoms with van der Waals surface area (Å²) < 4.78 is 0. The first kappa shape index (κ1) is 10.2. The first-order valence-electron chi connectivity index (χ1n) is 4.63. The fourth-order valence-corrected chi connectivity index (χ4v) is 1.11. The lowest BCUT2D eigenvalue weighted by Crippen LogP contribution is -2.22. The first-order valence-corrected chi connectivity index (χ1v) is 4.63. The van der Waals surface area contributed by atoms with Crippen LogP contribution in [0, 0.1) is 0 Å². The van der Waals surface area contributed by atoms with Crippen LogP contribution in [0.25, 0.3) is 0 Å². The van der Waals surface area contributed by atoms with Gasteiger partial charge in [0.2, 0.25) is 0 Å². The smallest absolute Gasteiger partial charge is 0.0929 e. The van der Waals surface area contributed by atoms with Crippen LogP contribution in [0.5, 0.6) is 0 Å². The largest absolute Gasteiger partial charge is 0.387 e. The Morgan fingerprint density at radius 2 is 2.46 bits per heavy atom. The molecular weight excluding hydrogens is 164 g/mol. The van der Waals surface area contributed by atoms with Crippen LogP contribution >= 0.6 is 0 Å². The van der Waals surface area contributed by atoms with E-state index in [-0.39, 0.29) is 0 Å². The molecule has 0 saturated carbocycles. The SMILES string of the molecule is CCCNC[C@@H](O)c1cccnc1. The average Bonchev–Trinajstić information content (AvgIpc) is 2.19. The van der Waals surface area contributed by atoms with Crippen molar-refractivity contribution in [2.24, 2.45) is 0 Å². The van der Waals surface area contributed by atoms with Crippen LogP contribution < -0.4 is 5.32 Å². The number of aliphatic hydroxyl groups is 1. The molecule has 3 nitrogen and oxygen atoms in total. The molecule has 0 fully saturated rings. The summed E-state index contributed by atoms with van der Waals surface area (Å²) in [5.41, 5.74) is 0.867. The lowest BCUT2D eigenvalue weighted by atomic mass is 10.1. The van der Waals surface area contributed by atoms with E-state index in [1.807, 2.05) is 12.1 Å². The summed E-state index contributed by atoms with van der Waals surface area (Å²) in [4.78, 5) is 3.95. The molecule has 0 amide bonds. The third kappa shape index (κ3) is 3.53. The summed E-state index contributed by atoms with van der Waals surface area (Å²) in [6, 6.07) is 3.71. The minimum absolute atomic E-state index is 0.444. The topological polar surface area (TPSA) is 45.1 Å². The summed E-state index contributed by atoms with van der Waals surface area (Å²) in [6.45, 7) is 3.64. The van der Waals surface area contributed by atoms with Crippen molar-refractivity contribution in [1.82, 2.24) is 10.3 Å². The second kappa shape index (κ2) is 5.67. The quantitative estimate of drug-likeness (QED) is 0.667. The molecule has 0 bridgehead atoms. The standard InChI is InChI=1S/C10H16N2O/c1-2-5-11-8-10(13)9-4-3-6-12-7-9/h3-4,6-7,10-11,13H,2,5,8H2,1H3/t10-/m1/s1. The fourth-order valence-electron chi connectivity index (χ4n) is 1.11. The average molecular weight is 180 g/mol. The van der Waals surface area contributed by atoms with Gasteiger partial charge in [0, 0.05) is 24.5 Å². The van der Waals surface area contributed by atoms with Gasteiger partial charge >= 0.3 is 0 Å². The van der Waals surface area contributed by atoms with E-state index >= 15 is 0 Å². The molecule has 1 aromatic heterocycles. The van der Waals surface area contributed by atoms with E-state index in [4.69, 9.17) is 0 Å². The third-order valence-electron chi connectivity index (χ3n) is 1.83. The van der Waals surface area contributed by atoms with Gasteiger partial charge in [-0.05, 0) is 19.0 Å². The van der Waals surface area contributed by atoms with Crippen LogP contribution in [0.15, 0.2) is 24.5 Å². The zero-order valence-electron chi connectivity index (χ0n) is 7.90. The Balaban J connectivity index is 2.35. The second-order valence-corrected chi connectivity index (χ2v) is 3.01. The molecule has 13 heavy (non-hydrogen) atoms. The van der Waals surface area contributed by atoms with Crippen LogP contribution in [0.1, 0.15) is 25.0 Å². The summed E-state index contributed by atoms with van der Waals surface area (Å²) in [5, 5.41) is 12.8. The van der Waals surface area contributed by atoms with Crippen molar-refractivity contribution in [1.29, 1.82) is 0 Å². The highest BCUT2D eigenvalue weighted by Crippen LogP contribution is 2.08. The molecule has 0 aliphatic carbocycles. The van der Waals surface area contributed by atoms with Gasteiger partial charge in [-0.3, -0.25) is 4.98 Å². The Bertz CT molecular complexity index is 226. The molecule has 3 heteroatoms. The Morgan fingerprint density at radius 3 is 3.08 bits per heavy atom. The van der Waals surface area contributed by atoms with Gasteiger partial charge in [-0.2, -0.15) is 0 Å². The van der Waals surface area contributed by atoms with Crippen molar-refractivity contribution in [3.63, 3.8) is 0 Å². The van der Waals surface area contributed by atoms with E-state index in [1.54, 1.807) is 12.4 Å².